The topological polar surface area (TPSA) is 55.5 Å². The van der Waals surface area contributed by atoms with Crippen LogP contribution < -0.4 is 10.5 Å². The molecule has 0 aliphatic rings. The van der Waals surface area contributed by atoms with Crippen LogP contribution in [0.2, 0.25) is 5.02 Å². The van der Waals surface area contributed by atoms with E-state index in [1.165, 1.54) is 7.11 Å². The average molecular weight is 216 g/mol. The number of ether oxygens (including phenoxy) is 1. The van der Waals surface area contributed by atoms with Crippen molar-refractivity contribution in [3.8, 4) is 11.5 Å². The first-order valence-corrected chi connectivity index (χ1v) is 4.68. The molecular formula is C10H14ClNO2. The van der Waals surface area contributed by atoms with E-state index in [1.807, 2.05) is 13.8 Å². The number of benzene rings is 1. The zero-order valence-electron chi connectivity index (χ0n) is 8.47. The van der Waals surface area contributed by atoms with Gasteiger partial charge in [-0.05, 0) is 31.0 Å². The molecule has 1 unspecified atom stereocenters. The number of aryl methyl sites for hydroxylation is 1. The zero-order valence-corrected chi connectivity index (χ0v) is 9.22. The van der Waals surface area contributed by atoms with Gasteiger partial charge in [-0.15, -0.1) is 0 Å². The molecule has 0 amide bonds. The van der Waals surface area contributed by atoms with E-state index in [1.54, 1.807) is 6.07 Å². The molecule has 0 spiro atoms. The Bertz CT molecular complexity index is 350. The van der Waals surface area contributed by atoms with Crippen molar-refractivity contribution in [1.29, 1.82) is 0 Å². The summed E-state index contributed by atoms with van der Waals surface area (Å²) in [6.45, 7) is 3.69. The fourth-order valence-corrected chi connectivity index (χ4v) is 2.00. The molecule has 0 aliphatic heterocycles. The van der Waals surface area contributed by atoms with E-state index in [2.05, 4.69) is 0 Å². The van der Waals surface area contributed by atoms with E-state index >= 15 is 0 Å². The Kier molecular flexibility index (Phi) is 3.24. The van der Waals surface area contributed by atoms with Crippen molar-refractivity contribution in [1.82, 2.24) is 0 Å². The first-order valence-electron chi connectivity index (χ1n) is 4.30. The summed E-state index contributed by atoms with van der Waals surface area (Å²) < 4.78 is 4.98. The minimum Gasteiger partial charge on any atom is -0.504 e. The highest BCUT2D eigenvalue weighted by molar-refractivity contribution is 6.33. The SMILES string of the molecule is COc1c(O)cc(C)c(C(C)N)c1Cl. The van der Waals surface area contributed by atoms with Crippen LogP contribution in [0.3, 0.4) is 0 Å². The Hall–Kier alpha value is -0.930. The molecule has 78 valence electrons. The van der Waals surface area contributed by atoms with Gasteiger partial charge in [-0.1, -0.05) is 11.6 Å². The fourth-order valence-electron chi connectivity index (χ4n) is 1.51. The van der Waals surface area contributed by atoms with Crippen LogP contribution in [0.15, 0.2) is 6.07 Å². The van der Waals surface area contributed by atoms with Crippen molar-refractivity contribution in [2.75, 3.05) is 7.11 Å². The summed E-state index contributed by atoms with van der Waals surface area (Å²) in [6, 6.07) is 1.42. The minimum absolute atomic E-state index is 0.0411. The lowest BCUT2D eigenvalue weighted by molar-refractivity contribution is 0.372. The van der Waals surface area contributed by atoms with Crippen LogP contribution >= 0.6 is 11.6 Å². The lowest BCUT2D eigenvalue weighted by Crippen LogP contribution is -2.08. The van der Waals surface area contributed by atoms with Gasteiger partial charge in [0.25, 0.3) is 0 Å². The highest BCUT2D eigenvalue weighted by atomic mass is 35.5. The molecule has 0 fully saturated rings. The molecule has 0 saturated carbocycles. The van der Waals surface area contributed by atoms with Gasteiger partial charge < -0.3 is 15.6 Å². The summed E-state index contributed by atoms with van der Waals surface area (Å²) in [5.74, 6) is 0.323. The van der Waals surface area contributed by atoms with Gasteiger partial charge >= 0.3 is 0 Å². The summed E-state index contributed by atoms with van der Waals surface area (Å²) in [5.41, 5.74) is 7.44. The predicted molar refractivity (Wildman–Crippen MR) is 57.0 cm³/mol. The van der Waals surface area contributed by atoms with Crippen LogP contribution in [0.25, 0.3) is 0 Å². The maximum absolute atomic E-state index is 9.53. The van der Waals surface area contributed by atoms with Crippen LogP contribution in [0, 0.1) is 6.92 Å². The third-order valence-corrected chi connectivity index (χ3v) is 2.48. The molecule has 1 atom stereocenters. The molecule has 0 bridgehead atoms. The largest absolute Gasteiger partial charge is 0.504 e. The molecule has 3 N–H and O–H groups in total. The lowest BCUT2D eigenvalue weighted by atomic mass is 10.0. The van der Waals surface area contributed by atoms with Crippen LogP contribution in [0.5, 0.6) is 11.5 Å². The number of nitrogens with two attached hydrogens (primary N) is 1. The third-order valence-electron chi connectivity index (χ3n) is 2.11. The van der Waals surface area contributed by atoms with Gasteiger partial charge in [0.2, 0.25) is 0 Å². The lowest BCUT2D eigenvalue weighted by Gasteiger charge is -2.15. The maximum atomic E-state index is 9.53. The van der Waals surface area contributed by atoms with Crippen LogP contribution in [-0.4, -0.2) is 12.2 Å². The third kappa shape index (κ3) is 1.79. The molecule has 14 heavy (non-hydrogen) atoms. The number of hydrogen-bond acceptors (Lipinski definition) is 3. The number of methoxy groups -OCH3 is 1. The van der Waals surface area contributed by atoms with Crippen LogP contribution in [0.1, 0.15) is 24.1 Å². The van der Waals surface area contributed by atoms with Crippen molar-refractivity contribution in [2.45, 2.75) is 19.9 Å². The summed E-state index contributed by atoms with van der Waals surface area (Å²) >= 11 is 6.05. The van der Waals surface area contributed by atoms with E-state index in [0.29, 0.717) is 5.02 Å². The number of hydrogen-bond donors (Lipinski definition) is 2. The highest BCUT2D eigenvalue weighted by Gasteiger charge is 2.17. The molecule has 0 aliphatic carbocycles. The van der Waals surface area contributed by atoms with Crippen molar-refractivity contribution < 1.29 is 9.84 Å². The van der Waals surface area contributed by atoms with Crippen molar-refractivity contribution in [3.05, 3.63) is 22.2 Å². The van der Waals surface area contributed by atoms with Crippen LogP contribution in [-0.2, 0) is 0 Å². The molecule has 1 aromatic carbocycles. The number of phenols is 1. The fraction of sp³-hybridized carbons (Fsp3) is 0.400. The number of phenolic OH excluding ortho intramolecular Hbond substituents is 1. The Morgan fingerprint density at radius 3 is 2.57 bits per heavy atom. The molecule has 0 aromatic heterocycles. The molecule has 1 rings (SSSR count). The second-order valence-corrected chi connectivity index (χ2v) is 3.64. The molecular weight excluding hydrogens is 202 g/mol. The molecule has 3 nitrogen and oxygen atoms in total. The number of halogens is 1. The Morgan fingerprint density at radius 2 is 2.14 bits per heavy atom. The number of aromatic hydroxyl groups is 1. The first kappa shape index (κ1) is 11.1. The monoisotopic (exact) mass is 215 g/mol. The standard InChI is InChI=1S/C10H14ClNO2/c1-5-4-7(13)10(14-3)9(11)8(5)6(2)12/h4,6,13H,12H2,1-3H3. The van der Waals surface area contributed by atoms with Gasteiger partial charge in [-0.2, -0.15) is 0 Å². The highest BCUT2D eigenvalue weighted by Crippen LogP contribution is 2.40. The predicted octanol–water partition coefficient (Wildman–Crippen LogP) is 2.38. The smallest absolute Gasteiger partial charge is 0.179 e. The van der Waals surface area contributed by atoms with E-state index in [4.69, 9.17) is 22.1 Å². The summed E-state index contributed by atoms with van der Waals surface area (Å²) in [6.07, 6.45) is 0. The number of rotatable bonds is 2. The molecule has 1 aromatic rings. The van der Waals surface area contributed by atoms with Crippen molar-refractivity contribution in [2.24, 2.45) is 5.73 Å². The van der Waals surface area contributed by atoms with Gasteiger partial charge in [-0.3, -0.25) is 0 Å². The van der Waals surface area contributed by atoms with Crippen molar-refractivity contribution in [3.63, 3.8) is 0 Å². The quantitative estimate of drug-likeness (QED) is 0.797. The van der Waals surface area contributed by atoms with E-state index < -0.39 is 0 Å². The molecule has 0 heterocycles. The average Bonchev–Trinajstić information content (AvgIpc) is 2.02. The summed E-state index contributed by atoms with van der Waals surface area (Å²) in [5, 5.41) is 9.92. The normalized spacial score (nSPS) is 12.6. The molecule has 0 saturated heterocycles. The van der Waals surface area contributed by atoms with E-state index in [-0.39, 0.29) is 17.5 Å². The Morgan fingerprint density at radius 1 is 1.57 bits per heavy atom. The molecule has 4 heteroatoms. The van der Waals surface area contributed by atoms with Gasteiger partial charge in [-0.25, -0.2) is 0 Å². The molecule has 0 radical (unpaired) electrons. The minimum atomic E-state index is -0.183. The van der Waals surface area contributed by atoms with E-state index in [9.17, 15) is 5.11 Å². The van der Waals surface area contributed by atoms with Gasteiger partial charge in [0.05, 0.1) is 12.1 Å². The summed E-state index contributed by atoms with van der Waals surface area (Å²) in [4.78, 5) is 0. The second-order valence-electron chi connectivity index (χ2n) is 3.26. The van der Waals surface area contributed by atoms with Crippen LogP contribution in [0.4, 0.5) is 0 Å². The first-order chi connectivity index (χ1) is 6.49. The Labute approximate surface area is 88.4 Å². The van der Waals surface area contributed by atoms with Crippen molar-refractivity contribution >= 4 is 11.6 Å². The Balaban J connectivity index is 3.44. The van der Waals surface area contributed by atoms with Gasteiger partial charge in [0.1, 0.15) is 0 Å². The maximum Gasteiger partial charge on any atom is 0.179 e. The summed E-state index contributed by atoms with van der Waals surface area (Å²) in [7, 11) is 1.46. The second kappa shape index (κ2) is 4.07. The van der Waals surface area contributed by atoms with Gasteiger partial charge in [0, 0.05) is 6.04 Å². The zero-order chi connectivity index (χ0) is 10.9. The van der Waals surface area contributed by atoms with E-state index in [0.717, 1.165) is 11.1 Å². The van der Waals surface area contributed by atoms with Gasteiger partial charge in [0.15, 0.2) is 11.5 Å².